The molecule has 2 unspecified atom stereocenters. The zero-order chi connectivity index (χ0) is 13.1. The monoisotopic (exact) mass is 254 g/mol. The molecule has 2 saturated heterocycles. The summed E-state index contributed by atoms with van der Waals surface area (Å²) in [4.78, 5) is 16.0. The van der Waals surface area contributed by atoms with Gasteiger partial charge >= 0.3 is 5.97 Å². The molecule has 0 amide bonds. The van der Waals surface area contributed by atoms with Crippen LogP contribution in [-0.4, -0.2) is 59.6 Å². The van der Waals surface area contributed by atoms with Crippen molar-refractivity contribution >= 4 is 5.97 Å². The Morgan fingerprint density at radius 3 is 2.67 bits per heavy atom. The fourth-order valence-corrected chi connectivity index (χ4v) is 3.18. The fraction of sp³-hybridized carbons (Fsp3) is 0.929. The zero-order valence-corrected chi connectivity index (χ0v) is 11.6. The van der Waals surface area contributed by atoms with Crippen LogP contribution in [0.4, 0.5) is 0 Å². The third-order valence-electron chi connectivity index (χ3n) is 4.79. The predicted octanol–water partition coefficient (Wildman–Crippen LogP) is 1.51. The average Bonchev–Trinajstić information content (AvgIpc) is 2.52. The van der Waals surface area contributed by atoms with Crippen LogP contribution < -0.4 is 0 Å². The van der Waals surface area contributed by atoms with Crippen molar-refractivity contribution < 1.29 is 9.90 Å². The summed E-state index contributed by atoms with van der Waals surface area (Å²) in [5.41, 5.74) is 0. The van der Waals surface area contributed by atoms with Crippen molar-refractivity contribution in [1.29, 1.82) is 0 Å². The van der Waals surface area contributed by atoms with E-state index in [0.717, 1.165) is 19.6 Å². The van der Waals surface area contributed by atoms with Crippen molar-refractivity contribution in [1.82, 2.24) is 9.80 Å². The minimum Gasteiger partial charge on any atom is -0.481 e. The average molecular weight is 254 g/mol. The SMILES string of the molecule is CCN1CCCC(N2CC(C(C)C(=O)O)C2)CC1. The van der Waals surface area contributed by atoms with Crippen LogP contribution in [0.15, 0.2) is 0 Å². The number of hydrogen-bond acceptors (Lipinski definition) is 3. The van der Waals surface area contributed by atoms with Gasteiger partial charge in [-0.25, -0.2) is 0 Å². The molecular weight excluding hydrogens is 228 g/mol. The molecule has 4 heteroatoms. The van der Waals surface area contributed by atoms with Gasteiger partial charge in [0.1, 0.15) is 0 Å². The Kier molecular flexibility index (Phi) is 4.62. The lowest BCUT2D eigenvalue weighted by molar-refractivity contribution is -0.146. The number of aliphatic carboxylic acids is 1. The molecule has 2 aliphatic rings. The standard InChI is InChI=1S/C14H26N2O2/c1-3-15-7-4-5-13(6-8-15)16-9-12(10-16)11(2)14(17)18/h11-13H,3-10H2,1-2H3,(H,17,18). The van der Waals surface area contributed by atoms with Crippen LogP contribution in [-0.2, 0) is 4.79 Å². The number of carbonyl (C=O) groups is 1. The lowest BCUT2D eigenvalue weighted by Gasteiger charge is -2.46. The lowest BCUT2D eigenvalue weighted by atomic mass is 9.85. The first kappa shape index (κ1) is 13.8. The van der Waals surface area contributed by atoms with Crippen LogP contribution in [0.1, 0.15) is 33.1 Å². The molecule has 0 aromatic carbocycles. The van der Waals surface area contributed by atoms with Crippen LogP contribution in [0.25, 0.3) is 0 Å². The molecule has 0 aliphatic carbocycles. The van der Waals surface area contributed by atoms with Crippen molar-refractivity contribution in [3.05, 3.63) is 0 Å². The quantitative estimate of drug-likeness (QED) is 0.826. The van der Waals surface area contributed by atoms with E-state index in [9.17, 15) is 4.79 Å². The molecule has 104 valence electrons. The van der Waals surface area contributed by atoms with Crippen molar-refractivity contribution in [3.63, 3.8) is 0 Å². The van der Waals surface area contributed by atoms with Gasteiger partial charge in [0.05, 0.1) is 5.92 Å². The van der Waals surface area contributed by atoms with Gasteiger partial charge in [0.2, 0.25) is 0 Å². The van der Waals surface area contributed by atoms with E-state index in [0.29, 0.717) is 12.0 Å². The Morgan fingerprint density at radius 1 is 1.33 bits per heavy atom. The Bertz CT molecular complexity index is 290. The summed E-state index contributed by atoms with van der Waals surface area (Å²) in [6, 6.07) is 0.693. The fourth-order valence-electron chi connectivity index (χ4n) is 3.18. The molecular formula is C14H26N2O2. The van der Waals surface area contributed by atoms with E-state index in [-0.39, 0.29) is 5.92 Å². The topological polar surface area (TPSA) is 43.8 Å². The van der Waals surface area contributed by atoms with E-state index < -0.39 is 5.97 Å². The normalized spacial score (nSPS) is 29.6. The Labute approximate surface area is 110 Å². The first-order valence-electron chi connectivity index (χ1n) is 7.31. The molecule has 0 spiro atoms. The number of hydrogen-bond donors (Lipinski definition) is 1. The lowest BCUT2D eigenvalue weighted by Crippen LogP contribution is -2.55. The highest BCUT2D eigenvalue weighted by Gasteiger charge is 2.38. The van der Waals surface area contributed by atoms with Crippen LogP contribution in [0, 0.1) is 11.8 Å². The first-order valence-corrected chi connectivity index (χ1v) is 7.31. The molecule has 0 bridgehead atoms. The van der Waals surface area contributed by atoms with E-state index in [1.165, 1.54) is 32.4 Å². The first-order chi connectivity index (χ1) is 8.61. The highest BCUT2D eigenvalue weighted by atomic mass is 16.4. The van der Waals surface area contributed by atoms with Crippen molar-refractivity contribution in [3.8, 4) is 0 Å². The number of carboxylic acid groups (broad SMARTS) is 1. The van der Waals surface area contributed by atoms with Gasteiger partial charge in [-0.1, -0.05) is 13.8 Å². The van der Waals surface area contributed by atoms with Crippen LogP contribution in [0.5, 0.6) is 0 Å². The van der Waals surface area contributed by atoms with Gasteiger partial charge in [-0.05, 0) is 44.8 Å². The number of carboxylic acids is 1. The molecule has 0 aromatic rings. The second kappa shape index (κ2) is 6.02. The molecule has 2 heterocycles. The van der Waals surface area contributed by atoms with Gasteiger partial charge < -0.3 is 10.0 Å². The van der Waals surface area contributed by atoms with E-state index >= 15 is 0 Å². The summed E-state index contributed by atoms with van der Waals surface area (Å²) in [6.45, 7) is 9.65. The van der Waals surface area contributed by atoms with Crippen LogP contribution in [0.2, 0.25) is 0 Å². The van der Waals surface area contributed by atoms with Gasteiger partial charge in [-0.2, -0.15) is 0 Å². The molecule has 0 aromatic heterocycles. The summed E-state index contributed by atoms with van der Waals surface area (Å²) in [5.74, 6) is -0.454. The van der Waals surface area contributed by atoms with Gasteiger partial charge in [-0.15, -0.1) is 0 Å². The minimum atomic E-state index is -0.641. The molecule has 2 rings (SSSR count). The molecule has 4 nitrogen and oxygen atoms in total. The Balaban J connectivity index is 1.76. The third-order valence-corrected chi connectivity index (χ3v) is 4.79. The highest BCUT2D eigenvalue weighted by molar-refractivity contribution is 5.70. The van der Waals surface area contributed by atoms with E-state index in [1.807, 2.05) is 6.92 Å². The number of likely N-dealkylation sites (tertiary alicyclic amines) is 2. The maximum atomic E-state index is 10.9. The van der Waals surface area contributed by atoms with Crippen LogP contribution >= 0.6 is 0 Å². The summed E-state index contributed by atoms with van der Waals surface area (Å²) < 4.78 is 0. The zero-order valence-electron chi connectivity index (χ0n) is 11.6. The second-order valence-electron chi connectivity index (χ2n) is 5.86. The van der Waals surface area contributed by atoms with Crippen LogP contribution in [0.3, 0.4) is 0 Å². The predicted molar refractivity (Wildman–Crippen MR) is 71.6 cm³/mol. The summed E-state index contributed by atoms with van der Waals surface area (Å²) in [5, 5.41) is 9.00. The molecule has 0 saturated carbocycles. The second-order valence-corrected chi connectivity index (χ2v) is 5.86. The van der Waals surface area contributed by atoms with Crippen molar-refractivity contribution in [2.45, 2.75) is 39.2 Å². The molecule has 2 atom stereocenters. The van der Waals surface area contributed by atoms with E-state index in [2.05, 4.69) is 16.7 Å². The smallest absolute Gasteiger partial charge is 0.306 e. The number of nitrogens with zero attached hydrogens (tertiary/aromatic N) is 2. The maximum absolute atomic E-state index is 10.9. The minimum absolute atomic E-state index is 0.181. The summed E-state index contributed by atoms with van der Waals surface area (Å²) in [6.07, 6.45) is 3.82. The Morgan fingerprint density at radius 2 is 2.06 bits per heavy atom. The van der Waals surface area contributed by atoms with Crippen molar-refractivity contribution in [2.75, 3.05) is 32.7 Å². The van der Waals surface area contributed by atoms with E-state index in [4.69, 9.17) is 5.11 Å². The van der Waals surface area contributed by atoms with Gasteiger partial charge in [0.15, 0.2) is 0 Å². The van der Waals surface area contributed by atoms with Gasteiger partial charge in [-0.3, -0.25) is 9.69 Å². The maximum Gasteiger partial charge on any atom is 0.306 e. The molecule has 1 N–H and O–H groups in total. The van der Waals surface area contributed by atoms with Crippen molar-refractivity contribution in [2.24, 2.45) is 11.8 Å². The molecule has 18 heavy (non-hydrogen) atoms. The van der Waals surface area contributed by atoms with Gasteiger partial charge in [0.25, 0.3) is 0 Å². The summed E-state index contributed by atoms with van der Waals surface area (Å²) in [7, 11) is 0. The highest BCUT2D eigenvalue weighted by Crippen LogP contribution is 2.29. The molecule has 2 fully saturated rings. The number of rotatable bonds is 4. The Hall–Kier alpha value is -0.610. The largest absolute Gasteiger partial charge is 0.481 e. The van der Waals surface area contributed by atoms with E-state index in [1.54, 1.807) is 0 Å². The third kappa shape index (κ3) is 3.04. The van der Waals surface area contributed by atoms with Gasteiger partial charge in [0, 0.05) is 19.1 Å². The molecule has 0 radical (unpaired) electrons. The molecule has 2 aliphatic heterocycles. The summed E-state index contributed by atoms with van der Waals surface area (Å²) >= 11 is 0.